The Hall–Kier alpha value is -0.470. The van der Waals surface area contributed by atoms with Crippen molar-refractivity contribution in [1.82, 2.24) is 0 Å². The van der Waals surface area contributed by atoms with Crippen LogP contribution in [0.5, 0.6) is 0 Å². The van der Waals surface area contributed by atoms with Crippen molar-refractivity contribution in [2.75, 3.05) is 6.54 Å². The molecule has 17 heavy (non-hydrogen) atoms. The number of hydrogen-bond acceptors (Lipinski definition) is 2. The molecule has 1 nitrogen and oxygen atoms in total. The summed E-state index contributed by atoms with van der Waals surface area (Å²) in [7, 11) is 0. The van der Waals surface area contributed by atoms with Crippen LogP contribution in [0, 0.1) is 5.41 Å². The summed E-state index contributed by atoms with van der Waals surface area (Å²) in [6, 6.07) is 10.7. The van der Waals surface area contributed by atoms with Gasteiger partial charge in [0.25, 0.3) is 0 Å². The van der Waals surface area contributed by atoms with Crippen molar-refractivity contribution in [2.24, 2.45) is 11.1 Å². The summed E-state index contributed by atoms with van der Waals surface area (Å²) < 4.78 is 0.299. The largest absolute Gasteiger partial charge is 0.329 e. The van der Waals surface area contributed by atoms with Crippen molar-refractivity contribution in [1.29, 1.82) is 0 Å². The van der Waals surface area contributed by atoms with Crippen LogP contribution in [0.15, 0.2) is 35.2 Å². The second-order valence-electron chi connectivity index (χ2n) is 5.36. The Morgan fingerprint density at radius 3 is 2.18 bits per heavy atom. The van der Waals surface area contributed by atoms with Crippen LogP contribution < -0.4 is 5.73 Å². The molecule has 0 amide bonds. The van der Waals surface area contributed by atoms with Gasteiger partial charge in [0.15, 0.2) is 0 Å². The Morgan fingerprint density at radius 1 is 1.12 bits per heavy atom. The lowest BCUT2D eigenvalue weighted by Gasteiger charge is -2.55. The molecule has 1 aromatic rings. The van der Waals surface area contributed by atoms with Gasteiger partial charge in [-0.1, -0.05) is 44.9 Å². The van der Waals surface area contributed by atoms with Gasteiger partial charge in [-0.2, -0.15) is 0 Å². The minimum absolute atomic E-state index is 0.299. The molecule has 0 saturated heterocycles. The van der Waals surface area contributed by atoms with E-state index in [1.807, 2.05) is 11.8 Å². The Morgan fingerprint density at radius 2 is 1.71 bits per heavy atom. The maximum Gasteiger partial charge on any atom is 0.0339 e. The summed E-state index contributed by atoms with van der Waals surface area (Å²) in [5.74, 6) is 0. The highest BCUT2D eigenvalue weighted by atomic mass is 32.2. The van der Waals surface area contributed by atoms with Gasteiger partial charge in [-0.25, -0.2) is 0 Å². The first-order valence-electron chi connectivity index (χ1n) is 6.62. The first-order chi connectivity index (χ1) is 8.17. The summed E-state index contributed by atoms with van der Waals surface area (Å²) in [6.07, 6.45) is 5.15. The van der Waals surface area contributed by atoms with Crippen molar-refractivity contribution in [3.63, 3.8) is 0 Å². The maximum atomic E-state index is 6.03. The molecule has 1 fully saturated rings. The highest BCUT2D eigenvalue weighted by Gasteiger charge is 2.52. The first-order valence-corrected chi connectivity index (χ1v) is 7.43. The van der Waals surface area contributed by atoms with E-state index in [9.17, 15) is 0 Å². The average molecular weight is 249 g/mol. The number of benzene rings is 1. The van der Waals surface area contributed by atoms with E-state index in [1.165, 1.54) is 30.6 Å². The van der Waals surface area contributed by atoms with E-state index in [0.29, 0.717) is 10.2 Å². The molecule has 2 heteroatoms. The molecule has 1 saturated carbocycles. The number of rotatable bonds is 5. The zero-order valence-corrected chi connectivity index (χ0v) is 11.7. The highest BCUT2D eigenvalue weighted by Crippen LogP contribution is 2.60. The van der Waals surface area contributed by atoms with Crippen LogP contribution in [0.4, 0.5) is 0 Å². The summed E-state index contributed by atoms with van der Waals surface area (Å²) in [5, 5.41) is 0. The predicted octanol–water partition coefficient (Wildman–Crippen LogP) is 4.08. The molecule has 1 aliphatic rings. The molecule has 0 bridgehead atoms. The van der Waals surface area contributed by atoms with Crippen molar-refractivity contribution in [2.45, 2.75) is 49.2 Å². The van der Waals surface area contributed by atoms with Crippen LogP contribution in [0.2, 0.25) is 0 Å². The maximum absolute atomic E-state index is 6.03. The van der Waals surface area contributed by atoms with Crippen molar-refractivity contribution in [3.8, 4) is 0 Å². The smallest absolute Gasteiger partial charge is 0.0339 e. The summed E-state index contributed by atoms with van der Waals surface area (Å²) in [4.78, 5) is 1.36. The van der Waals surface area contributed by atoms with Crippen LogP contribution in [0.1, 0.15) is 39.5 Å². The summed E-state index contributed by atoms with van der Waals surface area (Å²) in [6.45, 7) is 5.43. The second-order valence-corrected chi connectivity index (χ2v) is 6.90. The van der Waals surface area contributed by atoms with Gasteiger partial charge >= 0.3 is 0 Å². The summed E-state index contributed by atoms with van der Waals surface area (Å²) in [5.41, 5.74) is 6.60. The van der Waals surface area contributed by atoms with Crippen molar-refractivity contribution in [3.05, 3.63) is 30.3 Å². The van der Waals surface area contributed by atoms with E-state index in [1.54, 1.807) is 0 Å². The quantitative estimate of drug-likeness (QED) is 0.851. The Bertz CT molecular complexity index is 348. The van der Waals surface area contributed by atoms with Gasteiger partial charge in [0.05, 0.1) is 0 Å². The molecule has 0 unspecified atom stereocenters. The third kappa shape index (κ3) is 2.53. The average Bonchev–Trinajstić information content (AvgIpc) is 2.35. The lowest BCUT2D eigenvalue weighted by atomic mass is 9.58. The second kappa shape index (κ2) is 5.03. The molecule has 2 N–H and O–H groups in total. The molecule has 2 rings (SSSR count). The van der Waals surface area contributed by atoms with E-state index in [2.05, 4.69) is 44.2 Å². The van der Waals surface area contributed by atoms with E-state index in [4.69, 9.17) is 5.73 Å². The van der Waals surface area contributed by atoms with Crippen LogP contribution in [-0.4, -0.2) is 11.3 Å². The van der Waals surface area contributed by atoms with Gasteiger partial charge < -0.3 is 5.73 Å². The van der Waals surface area contributed by atoms with E-state index in [0.717, 1.165) is 6.54 Å². The van der Waals surface area contributed by atoms with Gasteiger partial charge in [0.1, 0.15) is 0 Å². The number of nitrogens with two attached hydrogens (primary N) is 1. The minimum Gasteiger partial charge on any atom is -0.329 e. The number of thioether (sulfide) groups is 1. The minimum atomic E-state index is 0.299. The molecule has 0 aliphatic heterocycles. The summed E-state index contributed by atoms with van der Waals surface area (Å²) >= 11 is 1.99. The van der Waals surface area contributed by atoms with Gasteiger partial charge in [0, 0.05) is 16.2 Å². The van der Waals surface area contributed by atoms with Crippen LogP contribution in [0.25, 0.3) is 0 Å². The zero-order chi connectivity index (χ0) is 12.4. The van der Waals surface area contributed by atoms with E-state index < -0.39 is 0 Å². The molecule has 0 heterocycles. The highest BCUT2D eigenvalue weighted by molar-refractivity contribution is 8.00. The Balaban J connectivity index is 2.05. The molecule has 0 aromatic heterocycles. The third-order valence-electron chi connectivity index (χ3n) is 4.34. The predicted molar refractivity (Wildman–Crippen MR) is 76.3 cm³/mol. The molecule has 94 valence electrons. The van der Waals surface area contributed by atoms with Crippen LogP contribution in [-0.2, 0) is 0 Å². The molecule has 1 aliphatic carbocycles. The van der Waals surface area contributed by atoms with Crippen LogP contribution in [0.3, 0.4) is 0 Å². The van der Waals surface area contributed by atoms with Gasteiger partial charge in [-0.15, -0.1) is 11.8 Å². The lowest BCUT2D eigenvalue weighted by Crippen LogP contribution is -2.53. The number of hydrogen-bond donors (Lipinski definition) is 1. The molecule has 0 radical (unpaired) electrons. The normalized spacial score (nSPS) is 20.9. The molecule has 0 atom stereocenters. The molecular formula is C15H23NS. The Labute approximate surface area is 109 Å². The monoisotopic (exact) mass is 249 g/mol. The lowest BCUT2D eigenvalue weighted by molar-refractivity contribution is 0.0750. The SMILES string of the molecule is CCC1(CC)CC(CN)(Sc2ccccc2)C1. The first kappa shape index (κ1) is 13.0. The Kier molecular flexibility index (Phi) is 3.84. The van der Waals surface area contributed by atoms with Gasteiger partial charge in [-0.05, 0) is 30.4 Å². The fraction of sp³-hybridized carbons (Fsp3) is 0.600. The van der Waals surface area contributed by atoms with E-state index in [-0.39, 0.29) is 0 Å². The molecule has 1 aromatic carbocycles. The molecular weight excluding hydrogens is 226 g/mol. The van der Waals surface area contributed by atoms with Crippen LogP contribution >= 0.6 is 11.8 Å². The topological polar surface area (TPSA) is 26.0 Å². The van der Waals surface area contributed by atoms with Crippen molar-refractivity contribution >= 4 is 11.8 Å². The van der Waals surface area contributed by atoms with Gasteiger partial charge in [-0.3, -0.25) is 0 Å². The fourth-order valence-corrected chi connectivity index (χ4v) is 4.70. The zero-order valence-electron chi connectivity index (χ0n) is 10.9. The fourth-order valence-electron chi connectivity index (χ4n) is 3.06. The van der Waals surface area contributed by atoms with Crippen molar-refractivity contribution < 1.29 is 0 Å². The van der Waals surface area contributed by atoms with Gasteiger partial charge in [0.2, 0.25) is 0 Å². The van der Waals surface area contributed by atoms with E-state index >= 15 is 0 Å². The molecule has 0 spiro atoms. The standard InChI is InChI=1S/C15H23NS/c1-3-14(4-2)10-15(11-14,12-16)17-13-8-6-5-7-9-13/h5-9H,3-4,10-12,16H2,1-2H3. The third-order valence-corrected chi connectivity index (χ3v) is 5.74.